The number of nitro benzene ring substituents is 1. The summed E-state index contributed by atoms with van der Waals surface area (Å²) in [5.41, 5.74) is 0.843. The van der Waals surface area contributed by atoms with Gasteiger partial charge < -0.3 is 4.74 Å². The largest absolute Gasteiger partial charge is 0.489 e. The third-order valence-corrected chi connectivity index (χ3v) is 3.17. The first-order valence-corrected chi connectivity index (χ1v) is 6.17. The second kappa shape index (κ2) is 5.88. The van der Waals surface area contributed by atoms with Crippen LogP contribution in [0.2, 0.25) is 5.02 Å². The second-order valence-electron chi connectivity index (χ2n) is 4.24. The first-order chi connectivity index (χ1) is 9.47. The summed E-state index contributed by atoms with van der Waals surface area (Å²) < 4.78 is 18.9. The van der Waals surface area contributed by atoms with E-state index >= 15 is 0 Å². The fourth-order valence-electron chi connectivity index (χ4n) is 1.66. The number of benzene rings is 2. The molecule has 0 unspecified atom stereocenters. The van der Waals surface area contributed by atoms with Gasteiger partial charge in [-0.15, -0.1) is 0 Å². The molecule has 0 saturated carbocycles. The van der Waals surface area contributed by atoms with E-state index in [2.05, 4.69) is 0 Å². The molecule has 0 aliphatic rings. The van der Waals surface area contributed by atoms with Crippen molar-refractivity contribution in [3.63, 3.8) is 0 Å². The fourth-order valence-corrected chi connectivity index (χ4v) is 1.78. The van der Waals surface area contributed by atoms with Crippen molar-refractivity contribution in [2.75, 3.05) is 0 Å². The van der Waals surface area contributed by atoms with E-state index in [0.29, 0.717) is 16.3 Å². The smallest absolute Gasteiger partial charge is 0.304 e. The standard InChI is InChI=1S/C14H11ClFNO3/c1-9-6-11(3-4-12(9)15)20-8-10-2-5-14(17(18)19)13(16)7-10/h2-7H,8H2,1H3. The normalized spacial score (nSPS) is 10.3. The first-order valence-electron chi connectivity index (χ1n) is 5.79. The summed E-state index contributed by atoms with van der Waals surface area (Å²) in [6.45, 7) is 1.97. The van der Waals surface area contributed by atoms with Crippen LogP contribution in [0.5, 0.6) is 5.75 Å². The second-order valence-corrected chi connectivity index (χ2v) is 4.65. The Bertz CT molecular complexity index is 661. The van der Waals surface area contributed by atoms with E-state index in [1.807, 2.05) is 6.92 Å². The van der Waals surface area contributed by atoms with Crippen molar-refractivity contribution < 1.29 is 14.1 Å². The van der Waals surface area contributed by atoms with E-state index in [-0.39, 0.29) is 6.61 Å². The Morgan fingerprint density at radius 1 is 1.30 bits per heavy atom. The van der Waals surface area contributed by atoms with Gasteiger partial charge in [-0.3, -0.25) is 10.1 Å². The molecular formula is C14H11ClFNO3. The van der Waals surface area contributed by atoms with E-state index in [1.165, 1.54) is 6.07 Å². The van der Waals surface area contributed by atoms with Gasteiger partial charge in [0.25, 0.3) is 0 Å². The lowest BCUT2D eigenvalue weighted by Gasteiger charge is -2.08. The van der Waals surface area contributed by atoms with Crippen LogP contribution in [0.1, 0.15) is 11.1 Å². The number of nitro groups is 1. The Hall–Kier alpha value is -2.14. The minimum atomic E-state index is -0.872. The molecule has 6 heteroatoms. The average Bonchev–Trinajstić information content (AvgIpc) is 2.40. The molecule has 20 heavy (non-hydrogen) atoms. The molecule has 0 fully saturated rings. The number of ether oxygens (including phenoxy) is 1. The van der Waals surface area contributed by atoms with Crippen molar-refractivity contribution in [2.45, 2.75) is 13.5 Å². The van der Waals surface area contributed by atoms with Crippen LogP contribution in [0.15, 0.2) is 36.4 Å². The Kier molecular flexibility index (Phi) is 4.20. The van der Waals surface area contributed by atoms with Gasteiger partial charge in [0.15, 0.2) is 0 Å². The summed E-state index contributed by atoms with van der Waals surface area (Å²) in [5.74, 6) is -0.269. The number of aryl methyl sites for hydroxylation is 1. The molecule has 2 rings (SSSR count). The number of nitrogens with zero attached hydrogens (tertiary/aromatic N) is 1. The van der Waals surface area contributed by atoms with E-state index in [0.717, 1.165) is 17.7 Å². The van der Waals surface area contributed by atoms with E-state index in [4.69, 9.17) is 16.3 Å². The first kappa shape index (κ1) is 14.3. The molecule has 0 N–H and O–H groups in total. The van der Waals surface area contributed by atoms with Crippen molar-refractivity contribution in [1.82, 2.24) is 0 Å². The number of hydrogen-bond donors (Lipinski definition) is 0. The highest BCUT2D eigenvalue weighted by molar-refractivity contribution is 6.31. The molecule has 2 aromatic carbocycles. The molecule has 2 aromatic rings. The van der Waals surface area contributed by atoms with Crippen LogP contribution in [-0.2, 0) is 6.61 Å². The van der Waals surface area contributed by atoms with E-state index < -0.39 is 16.4 Å². The van der Waals surface area contributed by atoms with Gasteiger partial charge in [0.2, 0.25) is 5.82 Å². The maximum atomic E-state index is 13.4. The summed E-state index contributed by atoms with van der Waals surface area (Å²) in [4.78, 5) is 9.74. The monoisotopic (exact) mass is 295 g/mol. The summed E-state index contributed by atoms with van der Waals surface area (Å²) in [6, 6.07) is 8.87. The molecule has 0 radical (unpaired) electrons. The number of halogens is 2. The molecule has 0 aliphatic heterocycles. The van der Waals surface area contributed by atoms with Crippen molar-refractivity contribution in [3.05, 3.63) is 68.5 Å². The zero-order chi connectivity index (χ0) is 14.7. The molecule has 104 valence electrons. The number of rotatable bonds is 4. The van der Waals surface area contributed by atoms with E-state index in [9.17, 15) is 14.5 Å². The van der Waals surface area contributed by atoms with Crippen molar-refractivity contribution in [3.8, 4) is 5.75 Å². The maximum absolute atomic E-state index is 13.4. The highest BCUT2D eigenvalue weighted by atomic mass is 35.5. The third-order valence-electron chi connectivity index (χ3n) is 2.74. The van der Waals surface area contributed by atoms with Gasteiger partial charge in [0, 0.05) is 11.1 Å². The lowest BCUT2D eigenvalue weighted by atomic mass is 10.2. The topological polar surface area (TPSA) is 52.4 Å². The van der Waals surface area contributed by atoms with Gasteiger partial charge in [-0.25, -0.2) is 0 Å². The van der Waals surface area contributed by atoms with Crippen LogP contribution in [0, 0.1) is 22.9 Å². The van der Waals surface area contributed by atoms with Crippen LogP contribution in [0.3, 0.4) is 0 Å². The van der Waals surface area contributed by atoms with Crippen LogP contribution in [0.4, 0.5) is 10.1 Å². The quantitative estimate of drug-likeness (QED) is 0.625. The zero-order valence-corrected chi connectivity index (χ0v) is 11.4. The Labute approximate surface area is 119 Å². The van der Waals surface area contributed by atoms with Crippen LogP contribution >= 0.6 is 11.6 Å². The summed E-state index contributed by atoms with van der Waals surface area (Å²) in [6.07, 6.45) is 0. The molecule has 0 spiro atoms. The molecule has 4 nitrogen and oxygen atoms in total. The molecule has 0 amide bonds. The summed E-state index contributed by atoms with van der Waals surface area (Å²) >= 11 is 5.90. The van der Waals surface area contributed by atoms with Gasteiger partial charge in [0.05, 0.1) is 4.92 Å². The Morgan fingerprint density at radius 3 is 2.65 bits per heavy atom. The molecule has 0 atom stereocenters. The molecule has 0 bridgehead atoms. The van der Waals surface area contributed by atoms with E-state index in [1.54, 1.807) is 18.2 Å². The highest BCUT2D eigenvalue weighted by Gasteiger charge is 2.13. The van der Waals surface area contributed by atoms with Crippen molar-refractivity contribution in [1.29, 1.82) is 0 Å². The van der Waals surface area contributed by atoms with Crippen LogP contribution < -0.4 is 4.74 Å². The molecular weight excluding hydrogens is 285 g/mol. The van der Waals surface area contributed by atoms with Crippen molar-refractivity contribution >= 4 is 17.3 Å². The highest BCUT2D eigenvalue weighted by Crippen LogP contribution is 2.23. The lowest BCUT2D eigenvalue weighted by Crippen LogP contribution is -1.98. The average molecular weight is 296 g/mol. The van der Waals surface area contributed by atoms with Gasteiger partial charge in [-0.05, 0) is 48.4 Å². The SMILES string of the molecule is Cc1cc(OCc2ccc([N+](=O)[O-])c(F)c2)ccc1Cl. The predicted octanol–water partition coefficient (Wildman–Crippen LogP) is 4.27. The predicted molar refractivity (Wildman–Crippen MR) is 73.6 cm³/mol. The fraction of sp³-hybridized carbons (Fsp3) is 0.143. The summed E-state index contributed by atoms with van der Waals surface area (Å²) in [7, 11) is 0. The van der Waals surface area contributed by atoms with Gasteiger partial charge in [0.1, 0.15) is 12.4 Å². The van der Waals surface area contributed by atoms with Crippen LogP contribution in [0.25, 0.3) is 0 Å². The lowest BCUT2D eigenvalue weighted by molar-refractivity contribution is -0.387. The zero-order valence-electron chi connectivity index (χ0n) is 10.6. The van der Waals surface area contributed by atoms with Gasteiger partial charge in [-0.1, -0.05) is 11.6 Å². The minimum Gasteiger partial charge on any atom is -0.489 e. The molecule has 0 aromatic heterocycles. The Balaban J connectivity index is 2.09. The maximum Gasteiger partial charge on any atom is 0.304 e. The van der Waals surface area contributed by atoms with Crippen molar-refractivity contribution in [2.24, 2.45) is 0 Å². The number of hydrogen-bond acceptors (Lipinski definition) is 3. The molecule has 0 aliphatic carbocycles. The minimum absolute atomic E-state index is 0.121. The molecule has 0 heterocycles. The molecule has 0 saturated heterocycles. The van der Waals surface area contributed by atoms with Gasteiger partial charge in [-0.2, -0.15) is 4.39 Å². The van der Waals surface area contributed by atoms with Gasteiger partial charge >= 0.3 is 5.69 Å². The third kappa shape index (κ3) is 3.24. The summed E-state index contributed by atoms with van der Waals surface area (Å²) in [5, 5.41) is 11.1. The van der Waals surface area contributed by atoms with Crippen LogP contribution in [-0.4, -0.2) is 4.92 Å². The Morgan fingerprint density at radius 2 is 2.05 bits per heavy atom.